The summed E-state index contributed by atoms with van der Waals surface area (Å²) in [6, 6.07) is 13.2. The number of nitrogens with one attached hydrogen (secondary N) is 1. The van der Waals surface area contributed by atoms with E-state index >= 15 is 0 Å². The van der Waals surface area contributed by atoms with Crippen molar-refractivity contribution in [2.24, 2.45) is 0 Å². The van der Waals surface area contributed by atoms with Crippen molar-refractivity contribution in [2.75, 3.05) is 40.8 Å². The lowest BCUT2D eigenvalue weighted by atomic mass is 9.88. The minimum absolute atomic E-state index is 0.586. The summed E-state index contributed by atoms with van der Waals surface area (Å²) in [5.41, 5.74) is 0.468. The maximum absolute atomic E-state index is 9.70. The minimum Gasteiger partial charge on any atom is -0.305 e. The van der Waals surface area contributed by atoms with Gasteiger partial charge in [-0.2, -0.15) is 5.26 Å². The summed E-state index contributed by atoms with van der Waals surface area (Å²) in [5.74, 6) is 0. The Morgan fingerprint density at radius 3 is 2.62 bits per heavy atom. The molecule has 2 rings (SSSR count). The van der Waals surface area contributed by atoms with E-state index in [4.69, 9.17) is 0 Å². The number of hydrogen-bond donors (Lipinski definition) is 1. The smallest absolute Gasteiger partial charge is 0.133 e. The van der Waals surface area contributed by atoms with Gasteiger partial charge in [0.2, 0.25) is 0 Å². The number of nitrogens with zero attached hydrogens (tertiary/aromatic N) is 3. The van der Waals surface area contributed by atoms with Gasteiger partial charge < -0.3 is 9.80 Å². The van der Waals surface area contributed by atoms with E-state index in [1.807, 2.05) is 37.4 Å². The summed E-state index contributed by atoms with van der Waals surface area (Å²) in [4.78, 5) is 4.77. The molecular formula is C17H26N4. The third-order valence-electron chi connectivity index (χ3n) is 4.67. The van der Waals surface area contributed by atoms with Crippen LogP contribution in [0.3, 0.4) is 0 Å². The number of hydrogen-bond acceptors (Lipinski definition) is 4. The van der Waals surface area contributed by atoms with Crippen LogP contribution in [0.25, 0.3) is 0 Å². The van der Waals surface area contributed by atoms with Crippen molar-refractivity contribution in [3.05, 3.63) is 35.9 Å². The summed E-state index contributed by atoms with van der Waals surface area (Å²) in [5, 5.41) is 12.9. The van der Waals surface area contributed by atoms with E-state index in [9.17, 15) is 5.26 Å². The molecule has 1 fully saturated rings. The van der Waals surface area contributed by atoms with Crippen LogP contribution in [0.5, 0.6) is 0 Å². The molecule has 2 unspecified atom stereocenters. The predicted octanol–water partition coefficient (Wildman–Crippen LogP) is 1.65. The van der Waals surface area contributed by atoms with Crippen LogP contribution < -0.4 is 5.32 Å². The Morgan fingerprint density at radius 2 is 2.10 bits per heavy atom. The molecule has 1 saturated heterocycles. The first-order valence-corrected chi connectivity index (χ1v) is 7.66. The Hall–Kier alpha value is -1.41. The fraction of sp³-hybridized carbons (Fsp3) is 0.588. The van der Waals surface area contributed by atoms with Gasteiger partial charge in [0, 0.05) is 19.1 Å². The molecule has 2 atom stereocenters. The van der Waals surface area contributed by atoms with Crippen LogP contribution in [0.4, 0.5) is 0 Å². The quantitative estimate of drug-likeness (QED) is 0.863. The fourth-order valence-electron chi connectivity index (χ4n) is 3.08. The summed E-state index contributed by atoms with van der Waals surface area (Å²) in [6.45, 7) is 3.18. The van der Waals surface area contributed by atoms with Crippen LogP contribution in [-0.4, -0.2) is 56.6 Å². The van der Waals surface area contributed by atoms with Crippen molar-refractivity contribution in [2.45, 2.75) is 24.4 Å². The van der Waals surface area contributed by atoms with Crippen LogP contribution in [-0.2, 0) is 5.54 Å². The van der Waals surface area contributed by atoms with Crippen molar-refractivity contribution in [1.82, 2.24) is 15.1 Å². The fourth-order valence-corrected chi connectivity index (χ4v) is 3.08. The second-order valence-electron chi connectivity index (χ2n) is 6.09. The molecule has 0 aromatic heterocycles. The molecule has 1 aromatic rings. The highest BCUT2D eigenvalue weighted by Crippen LogP contribution is 2.25. The van der Waals surface area contributed by atoms with Gasteiger partial charge >= 0.3 is 0 Å². The van der Waals surface area contributed by atoms with Crippen molar-refractivity contribution < 1.29 is 0 Å². The predicted molar refractivity (Wildman–Crippen MR) is 85.9 cm³/mol. The number of nitriles is 1. The van der Waals surface area contributed by atoms with Gasteiger partial charge in [0.1, 0.15) is 5.54 Å². The van der Waals surface area contributed by atoms with Crippen LogP contribution in [0.2, 0.25) is 0 Å². The molecule has 4 heteroatoms. The second kappa shape index (κ2) is 7.04. The van der Waals surface area contributed by atoms with Gasteiger partial charge in [-0.1, -0.05) is 30.3 Å². The first-order valence-electron chi connectivity index (χ1n) is 7.66. The number of rotatable bonds is 6. The molecule has 1 N–H and O–H groups in total. The van der Waals surface area contributed by atoms with Crippen molar-refractivity contribution in [3.63, 3.8) is 0 Å². The first-order chi connectivity index (χ1) is 10.1. The average Bonchev–Trinajstić information content (AvgIpc) is 2.99. The SMILES string of the molecule is CNC(C#N)(CCN1CCC(N(C)C)C1)c1ccccc1. The highest BCUT2D eigenvalue weighted by atomic mass is 15.2. The number of benzene rings is 1. The van der Waals surface area contributed by atoms with E-state index in [2.05, 4.69) is 35.3 Å². The maximum atomic E-state index is 9.70. The van der Waals surface area contributed by atoms with Gasteiger partial charge in [-0.15, -0.1) is 0 Å². The van der Waals surface area contributed by atoms with E-state index in [-0.39, 0.29) is 0 Å². The van der Waals surface area contributed by atoms with Crippen molar-refractivity contribution >= 4 is 0 Å². The molecule has 0 amide bonds. The van der Waals surface area contributed by atoms with Crippen molar-refractivity contribution in [1.29, 1.82) is 5.26 Å². The molecule has 1 aliphatic heterocycles. The Bertz CT molecular complexity index is 479. The first kappa shape index (κ1) is 16.0. The molecule has 1 aromatic carbocycles. The van der Waals surface area contributed by atoms with Crippen LogP contribution in [0, 0.1) is 11.3 Å². The topological polar surface area (TPSA) is 42.3 Å². The zero-order valence-electron chi connectivity index (χ0n) is 13.3. The van der Waals surface area contributed by atoms with Gasteiger partial charge in [-0.3, -0.25) is 5.32 Å². The van der Waals surface area contributed by atoms with Crippen LogP contribution in [0.15, 0.2) is 30.3 Å². The Labute approximate surface area is 128 Å². The lowest BCUT2D eigenvalue weighted by molar-refractivity contribution is 0.251. The normalized spacial score (nSPS) is 22.1. The number of likely N-dealkylation sites (N-methyl/N-ethyl adjacent to an activating group) is 1. The van der Waals surface area contributed by atoms with Crippen LogP contribution >= 0.6 is 0 Å². The zero-order chi connectivity index (χ0) is 15.3. The third-order valence-corrected chi connectivity index (χ3v) is 4.67. The number of likely N-dealkylation sites (tertiary alicyclic amines) is 1. The van der Waals surface area contributed by atoms with Gasteiger partial charge in [0.15, 0.2) is 0 Å². The molecule has 0 bridgehead atoms. The standard InChI is InChI=1S/C17H26N4/c1-19-17(14-18,15-7-5-4-6-8-15)10-12-21-11-9-16(13-21)20(2)3/h4-8,16,19H,9-13H2,1-3H3. The summed E-state index contributed by atoms with van der Waals surface area (Å²) in [6.07, 6.45) is 2.03. The third kappa shape index (κ3) is 3.62. The molecule has 114 valence electrons. The lowest BCUT2D eigenvalue weighted by Gasteiger charge is -2.29. The van der Waals surface area contributed by atoms with E-state index in [0.717, 1.165) is 31.6 Å². The molecule has 1 heterocycles. The van der Waals surface area contributed by atoms with Gasteiger partial charge in [0.05, 0.1) is 6.07 Å². The zero-order valence-corrected chi connectivity index (χ0v) is 13.3. The highest BCUT2D eigenvalue weighted by molar-refractivity contribution is 5.31. The summed E-state index contributed by atoms with van der Waals surface area (Å²) >= 11 is 0. The highest BCUT2D eigenvalue weighted by Gasteiger charge is 2.32. The van der Waals surface area contributed by atoms with E-state index < -0.39 is 5.54 Å². The minimum atomic E-state index is -0.586. The van der Waals surface area contributed by atoms with Gasteiger partial charge in [-0.25, -0.2) is 0 Å². The Morgan fingerprint density at radius 1 is 1.38 bits per heavy atom. The second-order valence-corrected chi connectivity index (χ2v) is 6.09. The molecule has 0 saturated carbocycles. The molecule has 0 aliphatic carbocycles. The van der Waals surface area contributed by atoms with Gasteiger partial charge in [-0.05, 0) is 46.1 Å². The van der Waals surface area contributed by atoms with E-state index in [1.54, 1.807) is 0 Å². The average molecular weight is 286 g/mol. The largest absolute Gasteiger partial charge is 0.305 e. The van der Waals surface area contributed by atoms with Gasteiger partial charge in [0.25, 0.3) is 0 Å². The Balaban J connectivity index is 2.01. The summed E-state index contributed by atoms with van der Waals surface area (Å²) < 4.78 is 0. The van der Waals surface area contributed by atoms with Crippen LogP contribution in [0.1, 0.15) is 18.4 Å². The lowest BCUT2D eigenvalue weighted by Crippen LogP contribution is -2.42. The summed E-state index contributed by atoms with van der Waals surface area (Å²) in [7, 11) is 6.17. The molecule has 21 heavy (non-hydrogen) atoms. The molecule has 0 radical (unpaired) electrons. The van der Waals surface area contributed by atoms with E-state index in [1.165, 1.54) is 6.42 Å². The molecule has 4 nitrogen and oxygen atoms in total. The molecule has 0 spiro atoms. The van der Waals surface area contributed by atoms with E-state index in [0.29, 0.717) is 6.04 Å². The maximum Gasteiger partial charge on any atom is 0.133 e. The molecule has 1 aliphatic rings. The Kier molecular flexibility index (Phi) is 5.35. The monoisotopic (exact) mass is 286 g/mol. The van der Waals surface area contributed by atoms with Crippen molar-refractivity contribution in [3.8, 4) is 6.07 Å². The molecular weight excluding hydrogens is 260 g/mol.